The minimum absolute atomic E-state index is 0.0997. The van der Waals surface area contributed by atoms with Gasteiger partial charge in [0.25, 0.3) is 0 Å². The predicted octanol–water partition coefficient (Wildman–Crippen LogP) is 3.91. The number of aromatic hydroxyl groups is 1. The molecule has 4 unspecified atom stereocenters. The Morgan fingerprint density at radius 3 is 3.09 bits per heavy atom. The largest absolute Gasteiger partial charge is 0.508 e. The quantitative estimate of drug-likeness (QED) is 0.646. The summed E-state index contributed by atoms with van der Waals surface area (Å²) in [4.78, 5) is 12.4. The van der Waals surface area contributed by atoms with Gasteiger partial charge in [0.05, 0.1) is 11.8 Å². The zero-order valence-electron chi connectivity index (χ0n) is 19.5. The van der Waals surface area contributed by atoms with Gasteiger partial charge < -0.3 is 15.2 Å². The topological polar surface area (TPSA) is 87.2 Å². The summed E-state index contributed by atoms with van der Waals surface area (Å²) in [5.41, 5.74) is 6.72. The maximum absolute atomic E-state index is 12.4. The van der Waals surface area contributed by atoms with E-state index in [0.29, 0.717) is 36.5 Å². The number of aromatic amines is 1. The molecule has 176 valence electrons. The summed E-state index contributed by atoms with van der Waals surface area (Å²) in [6, 6.07) is 6.00. The third kappa shape index (κ3) is 3.58. The average Bonchev–Trinajstić information content (AvgIpc) is 3.53. The molecule has 1 aromatic carbocycles. The number of aryl methyl sites for hydroxylation is 2. The van der Waals surface area contributed by atoms with Gasteiger partial charge in [-0.05, 0) is 97.9 Å². The van der Waals surface area contributed by atoms with E-state index in [-0.39, 0.29) is 17.4 Å². The van der Waals surface area contributed by atoms with Gasteiger partial charge in [-0.2, -0.15) is 5.10 Å². The lowest BCUT2D eigenvalue weighted by Gasteiger charge is -2.49. The van der Waals surface area contributed by atoms with Gasteiger partial charge in [-0.1, -0.05) is 13.0 Å². The lowest BCUT2D eigenvalue weighted by Crippen LogP contribution is -2.43. The number of rotatable bonds is 5. The van der Waals surface area contributed by atoms with Crippen molar-refractivity contribution in [3.8, 4) is 5.75 Å². The summed E-state index contributed by atoms with van der Waals surface area (Å²) in [7, 11) is 0. The summed E-state index contributed by atoms with van der Waals surface area (Å²) in [5.74, 6) is 2.35. The third-order valence-electron chi connectivity index (χ3n) is 9.17. The minimum atomic E-state index is 0.0997. The normalized spacial score (nSPS) is 32.0. The Kier molecular flexibility index (Phi) is 5.24. The number of aromatic nitrogens is 2. The molecule has 6 heteroatoms. The Labute approximate surface area is 195 Å². The summed E-state index contributed by atoms with van der Waals surface area (Å²) in [5, 5.41) is 21.1. The number of hydrogen-bond donors (Lipinski definition) is 3. The van der Waals surface area contributed by atoms with Crippen LogP contribution in [0, 0.1) is 11.8 Å². The Balaban J connectivity index is 1.15. The molecule has 3 N–H and O–H groups in total. The average molecular weight is 450 g/mol. The summed E-state index contributed by atoms with van der Waals surface area (Å²) in [6.45, 7) is 3.87. The fourth-order valence-corrected chi connectivity index (χ4v) is 7.44. The van der Waals surface area contributed by atoms with Crippen molar-refractivity contribution in [3.05, 3.63) is 46.3 Å². The van der Waals surface area contributed by atoms with Crippen molar-refractivity contribution in [1.29, 1.82) is 0 Å². The van der Waals surface area contributed by atoms with Crippen LogP contribution in [0.15, 0.2) is 18.2 Å². The van der Waals surface area contributed by atoms with Crippen LogP contribution in [0.2, 0.25) is 0 Å². The van der Waals surface area contributed by atoms with Crippen LogP contribution in [0.3, 0.4) is 0 Å². The number of ether oxygens (including phenoxy) is 1. The number of carbonyl (C=O) groups excluding carboxylic acids is 1. The molecular weight excluding hydrogens is 414 g/mol. The number of nitrogens with one attached hydrogen (secondary N) is 2. The standard InChI is InChI=1S/C27H35N3O3/c1-27-11-10-20-19-7-5-17(31)13-16(19)4-6-21(20)23(27)14-22-24(29-30-26(22)27)8-9-25(32)28-15-18-3-2-12-33-18/h5,7,13,18,20-21,23,31H,2-4,6,8-12,14-15H2,1H3,(H,28,32)(H,29,30)/t18?,20?,21?,23?,27-/m0/s1. The van der Waals surface area contributed by atoms with Crippen molar-refractivity contribution in [2.24, 2.45) is 11.8 Å². The van der Waals surface area contributed by atoms with Crippen LogP contribution in [0.4, 0.5) is 0 Å². The highest BCUT2D eigenvalue weighted by Gasteiger charge is 2.54. The molecule has 2 heterocycles. The molecule has 1 aromatic heterocycles. The SMILES string of the molecule is C[C@]12CCC3c4ccc(O)cc4CCC3C1Cc1c2n[nH]c1CCC(=O)NCC1CCCO1. The van der Waals surface area contributed by atoms with Crippen molar-refractivity contribution in [3.63, 3.8) is 0 Å². The van der Waals surface area contributed by atoms with E-state index in [1.807, 2.05) is 12.1 Å². The van der Waals surface area contributed by atoms with E-state index in [1.165, 1.54) is 35.2 Å². The number of carbonyl (C=O) groups is 1. The van der Waals surface area contributed by atoms with E-state index in [1.54, 1.807) is 0 Å². The molecule has 1 amide bonds. The molecule has 1 aliphatic heterocycles. The minimum Gasteiger partial charge on any atom is -0.508 e. The monoisotopic (exact) mass is 449 g/mol. The fourth-order valence-electron chi connectivity index (χ4n) is 7.44. The molecule has 4 aliphatic rings. The first-order chi connectivity index (χ1) is 16.0. The van der Waals surface area contributed by atoms with E-state index < -0.39 is 0 Å². The molecule has 6 nitrogen and oxygen atoms in total. The first kappa shape index (κ1) is 21.2. The first-order valence-electron chi connectivity index (χ1n) is 12.8. The molecule has 3 aliphatic carbocycles. The number of fused-ring (bicyclic) bond motifs is 7. The van der Waals surface area contributed by atoms with E-state index in [4.69, 9.17) is 9.84 Å². The molecule has 2 fully saturated rings. The fraction of sp³-hybridized carbons (Fsp3) is 0.630. The molecule has 0 radical (unpaired) electrons. The van der Waals surface area contributed by atoms with Gasteiger partial charge in [0.1, 0.15) is 5.75 Å². The molecular formula is C27H35N3O3. The maximum Gasteiger partial charge on any atom is 0.220 e. The molecule has 1 saturated carbocycles. The van der Waals surface area contributed by atoms with E-state index in [9.17, 15) is 9.90 Å². The number of hydrogen-bond acceptors (Lipinski definition) is 4. The molecule has 2 aromatic rings. The van der Waals surface area contributed by atoms with Crippen LogP contribution in [0.5, 0.6) is 5.75 Å². The van der Waals surface area contributed by atoms with Gasteiger partial charge in [0.15, 0.2) is 0 Å². The van der Waals surface area contributed by atoms with Crippen LogP contribution in [-0.4, -0.2) is 40.5 Å². The van der Waals surface area contributed by atoms with Gasteiger partial charge in [0.2, 0.25) is 5.91 Å². The van der Waals surface area contributed by atoms with Crippen LogP contribution >= 0.6 is 0 Å². The lowest BCUT2D eigenvalue weighted by molar-refractivity contribution is -0.121. The number of benzene rings is 1. The first-order valence-corrected chi connectivity index (χ1v) is 12.8. The van der Waals surface area contributed by atoms with Crippen molar-refractivity contribution < 1.29 is 14.6 Å². The summed E-state index contributed by atoms with van der Waals surface area (Å²) >= 11 is 0. The van der Waals surface area contributed by atoms with E-state index in [0.717, 1.165) is 50.8 Å². The Morgan fingerprint density at radius 1 is 1.33 bits per heavy atom. The highest BCUT2D eigenvalue weighted by molar-refractivity contribution is 5.76. The van der Waals surface area contributed by atoms with Crippen LogP contribution in [0.1, 0.15) is 79.4 Å². The second-order valence-corrected chi connectivity index (χ2v) is 10.9. The van der Waals surface area contributed by atoms with Crippen molar-refractivity contribution in [1.82, 2.24) is 15.5 Å². The number of nitrogens with zero attached hydrogens (tertiary/aromatic N) is 1. The number of amides is 1. The summed E-state index contributed by atoms with van der Waals surface area (Å²) < 4.78 is 5.61. The molecule has 5 atom stereocenters. The number of phenols is 1. The van der Waals surface area contributed by atoms with Gasteiger partial charge in [-0.15, -0.1) is 0 Å². The Bertz CT molecular complexity index is 1060. The zero-order valence-corrected chi connectivity index (χ0v) is 19.5. The van der Waals surface area contributed by atoms with Crippen LogP contribution in [0.25, 0.3) is 0 Å². The van der Waals surface area contributed by atoms with E-state index >= 15 is 0 Å². The van der Waals surface area contributed by atoms with Gasteiger partial charge >= 0.3 is 0 Å². The molecule has 1 saturated heterocycles. The zero-order chi connectivity index (χ0) is 22.6. The predicted molar refractivity (Wildman–Crippen MR) is 125 cm³/mol. The number of phenolic OH excluding ortho intramolecular Hbond substituents is 1. The van der Waals surface area contributed by atoms with Gasteiger partial charge in [-0.3, -0.25) is 9.89 Å². The highest BCUT2D eigenvalue weighted by Crippen LogP contribution is 2.60. The molecule has 6 rings (SSSR count). The smallest absolute Gasteiger partial charge is 0.220 e. The molecule has 33 heavy (non-hydrogen) atoms. The van der Waals surface area contributed by atoms with E-state index in [2.05, 4.69) is 23.4 Å². The molecule has 0 bridgehead atoms. The number of H-pyrrole nitrogens is 1. The lowest BCUT2D eigenvalue weighted by atomic mass is 9.55. The maximum atomic E-state index is 12.4. The second-order valence-electron chi connectivity index (χ2n) is 10.9. The van der Waals surface area contributed by atoms with Gasteiger partial charge in [-0.25, -0.2) is 0 Å². The summed E-state index contributed by atoms with van der Waals surface area (Å²) in [6.07, 6.45) is 9.19. The van der Waals surface area contributed by atoms with Crippen molar-refractivity contribution in [2.45, 2.75) is 82.1 Å². The third-order valence-corrected chi connectivity index (χ3v) is 9.17. The Morgan fingerprint density at radius 2 is 2.24 bits per heavy atom. The van der Waals surface area contributed by atoms with Crippen molar-refractivity contribution >= 4 is 5.91 Å². The second kappa shape index (κ2) is 8.15. The van der Waals surface area contributed by atoms with Crippen molar-refractivity contribution in [2.75, 3.05) is 13.2 Å². The van der Waals surface area contributed by atoms with Crippen LogP contribution < -0.4 is 5.32 Å². The van der Waals surface area contributed by atoms with Gasteiger partial charge in [0, 0.05) is 30.7 Å². The van der Waals surface area contributed by atoms with Crippen LogP contribution in [-0.2, 0) is 34.2 Å². The molecule has 0 spiro atoms. The Hall–Kier alpha value is -2.34. The highest BCUT2D eigenvalue weighted by atomic mass is 16.5.